The van der Waals surface area contributed by atoms with Gasteiger partial charge in [-0.3, -0.25) is 9.59 Å². The Morgan fingerprint density at radius 1 is 1.18 bits per heavy atom. The number of nitrogens with two attached hydrogens (primary N) is 1. The van der Waals surface area contributed by atoms with Gasteiger partial charge >= 0.3 is 0 Å². The van der Waals surface area contributed by atoms with Crippen LogP contribution in [0.25, 0.3) is 0 Å². The molecule has 0 saturated carbocycles. The topological polar surface area (TPSA) is 104 Å². The SMILES string of the molecule is N[C@@H](CC(=O)N1CCC[C@H]1C(=O)NCc1ccc(Cc2cnc[nH]2)cc1)Cc1ccccc1F. The molecule has 1 saturated heterocycles. The maximum Gasteiger partial charge on any atom is 0.243 e. The summed E-state index contributed by atoms with van der Waals surface area (Å²) in [5, 5.41) is 2.96. The summed E-state index contributed by atoms with van der Waals surface area (Å²) >= 11 is 0. The van der Waals surface area contributed by atoms with E-state index >= 15 is 0 Å². The van der Waals surface area contributed by atoms with Crippen LogP contribution in [0.4, 0.5) is 4.39 Å². The lowest BCUT2D eigenvalue weighted by atomic mass is 10.0. The molecule has 1 aliphatic heterocycles. The number of carbonyl (C=O) groups is 2. The Labute approximate surface area is 198 Å². The van der Waals surface area contributed by atoms with Gasteiger partial charge < -0.3 is 20.9 Å². The van der Waals surface area contributed by atoms with Gasteiger partial charge in [0.25, 0.3) is 0 Å². The van der Waals surface area contributed by atoms with Crippen LogP contribution in [-0.4, -0.2) is 45.3 Å². The normalized spacial score (nSPS) is 16.4. The number of benzene rings is 2. The lowest BCUT2D eigenvalue weighted by molar-refractivity contribution is -0.138. The molecule has 0 unspecified atom stereocenters. The Bertz CT molecular complexity index is 1100. The van der Waals surface area contributed by atoms with Gasteiger partial charge in [-0.05, 0) is 42.0 Å². The van der Waals surface area contributed by atoms with Crippen molar-refractivity contribution in [2.45, 2.75) is 50.7 Å². The van der Waals surface area contributed by atoms with Crippen molar-refractivity contribution in [3.8, 4) is 0 Å². The van der Waals surface area contributed by atoms with Gasteiger partial charge in [0.2, 0.25) is 11.8 Å². The van der Waals surface area contributed by atoms with Crippen LogP contribution in [-0.2, 0) is 29.0 Å². The predicted octanol–water partition coefficient (Wildman–Crippen LogP) is 2.71. The van der Waals surface area contributed by atoms with E-state index in [9.17, 15) is 14.0 Å². The molecule has 8 heteroatoms. The lowest BCUT2D eigenvalue weighted by Crippen LogP contribution is -2.47. The Morgan fingerprint density at radius 2 is 1.94 bits per heavy atom. The summed E-state index contributed by atoms with van der Waals surface area (Å²) in [7, 11) is 0. The van der Waals surface area contributed by atoms with Crippen LogP contribution in [0, 0.1) is 5.82 Å². The van der Waals surface area contributed by atoms with Gasteiger partial charge in [-0.15, -0.1) is 0 Å². The number of halogens is 1. The molecule has 1 fully saturated rings. The third-order valence-corrected chi connectivity index (χ3v) is 6.19. The number of aromatic amines is 1. The third-order valence-electron chi connectivity index (χ3n) is 6.19. The minimum absolute atomic E-state index is 0.0793. The summed E-state index contributed by atoms with van der Waals surface area (Å²) < 4.78 is 13.9. The van der Waals surface area contributed by atoms with Crippen molar-refractivity contribution in [3.63, 3.8) is 0 Å². The van der Waals surface area contributed by atoms with Crippen LogP contribution in [0.1, 0.15) is 41.6 Å². The largest absolute Gasteiger partial charge is 0.350 e. The second-order valence-electron chi connectivity index (χ2n) is 8.79. The number of carbonyl (C=O) groups excluding carboxylic acids is 2. The summed E-state index contributed by atoms with van der Waals surface area (Å²) in [5.74, 6) is -0.641. The number of rotatable bonds is 9. The minimum Gasteiger partial charge on any atom is -0.350 e. The highest BCUT2D eigenvalue weighted by Gasteiger charge is 2.34. The van der Waals surface area contributed by atoms with E-state index in [1.165, 1.54) is 6.07 Å². The first-order valence-electron chi connectivity index (χ1n) is 11.6. The van der Waals surface area contributed by atoms with Crippen LogP contribution in [0.15, 0.2) is 61.1 Å². The summed E-state index contributed by atoms with van der Waals surface area (Å²) in [6.45, 7) is 0.931. The van der Waals surface area contributed by atoms with E-state index in [1.807, 2.05) is 24.3 Å². The molecule has 7 nitrogen and oxygen atoms in total. The summed E-state index contributed by atoms with van der Waals surface area (Å²) in [6, 6.07) is 13.5. The quantitative estimate of drug-likeness (QED) is 0.454. The molecule has 2 aromatic carbocycles. The fraction of sp³-hybridized carbons (Fsp3) is 0.346. The molecule has 1 aromatic heterocycles. The molecule has 1 aliphatic rings. The average Bonchev–Trinajstić information content (AvgIpc) is 3.52. The maximum atomic E-state index is 13.9. The molecule has 0 bridgehead atoms. The lowest BCUT2D eigenvalue weighted by Gasteiger charge is -2.25. The Kier molecular flexibility index (Phi) is 7.69. The van der Waals surface area contributed by atoms with Crippen molar-refractivity contribution in [1.82, 2.24) is 20.2 Å². The highest BCUT2D eigenvalue weighted by Crippen LogP contribution is 2.20. The van der Waals surface area contributed by atoms with Crippen molar-refractivity contribution in [2.24, 2.45) is 5.73 Å². The number of imidazole rings is 1. The van der Waals surface area contributed by atoms with Crippen LogP contribution < -0.4 is 11.1 Å². The molecule has 2 atom stereocenters. The molecular weight excluding hydrogens is 433 g/mol. The zero-order valence-corrected chi connectivity index (χ0v) is 19.0. The first kappa shape index (κ1) is 23.6. The monoisotopic (exact) mass is 463 g/mol. The fourth-order valence-corrected chi connectivity index (χ4v) is 4.38. The van der Waals surface area contributed by atoms with Gasteiger partial charge in [-0.1, -0.05) is 42.5 Å². The molecule has 3 aromatic rings. The molecule has 2 heterocycles. The molecule has 178 valence electrons. The summed E-state index contributed by atoms with van der Waals surface area (Å²) in [6.07, 6.45) is 5.99. The van der Waals surface area contributed by atoms with Gasteiger partial charge in [0.1, 0.15) is 11.9 Å². The van der Waals surface area contributed by atoms with Crippen LogP contribution in [0.3, 0.4) is 0 Å². The van der Waals surface area contributed by atoms with E-state index in [1.54, 1.807) is 35.6 Å². The van der Waals surface area contributed by atoms with Crippen LogP contribution >= 0.6 is 0 Å². The second kappa shape index (κ2) is 11.1. The number of nitrogens with one attached hydrogen (secondary N) is 2. The molecule has 0 spiro atoms. The van der Waals surface area contributed by atoms with E-state index < -0.39 is 12.1 Å². The number of hydrogen-bond acceptors (Lipinski definition) is 4. The molecule has 2 amide bonds. The van der Waals surface area contributed by atoms with Gasteiger partial charge in [0, 0.05) is 43.9 Å². The fourth-order valence-electron chi connectivity index (χ4n) is 4.38. The van der Waals surface area contributed by atoms with Gasteiger partial charge in [-0.2, -0.15) is 0 Å². The maximum absolute atomic E-state index is 13.9. The molecule has 0 aliphatic carbocycles. The number of H-pyrrole nitrogens is 1. The second-order valence-corrected chi connectivity index (χ2v) is 8.79. The van der Waals surface area contributed by atoms with Gasteiger partial charge in [-0.25, -0.2) is 9.37 Å². The molecule has 34 heavy (non-hydrogen) atoms. The van der Waals surface area contributed by atoms with E-state index in [2.05, 4.69) is 15.3 Å². The number of likely N-dealkylation sites (tertiary alicyclic amines) is 1. The van der Waals surface area contributed by atoms with E-state index in [4.69, 9.17) is 5.73 Å². The summed E-state index contributed by atoms with van der Waals surface area (Å²) in [4.78, 5) is 34.4. The van der Waals surface area contributed by atoms with Crippen molar-refractivity contribution in [2.75, 3.05) is 6.54 Å². The molecule has 0 radical (unpaired) electrons. The standard InChI is InChI=1S/C26H30FN5O2/c27-23-5-2-1-4-20(23)13-21(28)14-25(33)32-11-3-6-24(32)26(34)30-15-19-9-7-18(8-10-19)12-22-16-29-17-31-22/h1-2,4-5,7-10,16-17,21,24H,3,6,11-15,28H2,(H,29,31)(H,30,34)/t21-,24+/m1/s1. The van der Waals surface area contributed by atoms with Gasteiger partial charge in [0.15, 0.2) is 0 Å². The number of nitrogens with zero attached hydrogens (tertiary/aromatic N) is 2. The first-order chi connectivity index (χ1) is 16.5. The number of amides is 2. The minimum atomic E-state index is -0.506. The van der Waals surface area contributed by atoms with Gasteiger partial charge in [0.05, 0.1) is 6.33 Å². The van der Waals surface area contributed by atoms with Crippen molar-refractivity contribution in [3.05, 3.63) is 89.3 Å². The Morgan fingerprint density at radius 3 is 2.68 bits per heavy atom. The van der Waals surface area contributed by atoms with Crippen molar-refractivity contribution >= 4 is 11.8 Å². The molecule has 4 N–H and O–H groups in total. The number of hydrogen-bond donors (Lipinski definition) is 3. The highest BCUT2D eigenvalue weighted by molar-refractivity contribution is 5.88. The van der Waals surface area contributed by atoms with Crippen LogP contribution in [0.5, 0.6) is 0 Å². The zero-order valence-electron chi connectivity index (χ0n) is 19.0. The van der Waals surface area contributed by atoms with Crippen molar-refractivity contribution in [1.29, 1.82) is 0 Å². The van der Waals surface area contributed by atoms with E-state index in [0.717, 1.165) is 29.7 Å². The highest BCUT2D eigenvalue weighted by atomic mass is 19.1. The summed E-state index contributed by atoms with van der Waals surface area (Å²) in [5.41, 5.74) is 9.81. The van der Waals surface area contributed by atoms with E-state index in [0.29, 0.717) is 25.1 Å². The van der Waals surface area contributed by atoms with Crippen LogP contribution in [0.2, 0.25) is 0 Å². The average molecular weight is 464 g/mol. The molecule has 4 rings (SSSR count). The first-order valence-corrected chi connectivity index (χ1v) is 11.6. The van der Waals surface area contributed by atoms with E-state index in [-0.39, 0.29) is 30.5 Å². The molecular formula is C26H30FN5O2. The predicted molar refractivity (Wildman–Crippen MR) is 127 cm³/mol. The zero-order chi connectivity index (χ0) is 23.9. The Hall–Kier alpha value is -3.52. The smallest absolute Gasteiger partial charge is 0.243 e. The van der Waals surface area contributed by atoms with Crippen molar-refractivity contribution < 1.29 is 14.0 Å². The third kappa shape index (κ3) is 6.08. The Balaban J connectivity index is 1.27. The number of aromatic nitrogens is 2.